The largest absolute Gasteiger partial charge is 0.494 e. The van der Waals surface area contributed by atoms with Crippen LogP contribution in [0.25, 0.3) is 0 Å². The van der Waals surface area contributed by atoms with Crippen molar-refractivity contribution in [3.63, 3.8) is 0 Å². The summed E-state index contributed by atoms with van der Waals surface area (Å²) in [5.41, 5.74) is 0.734. The van der Waals surface area contributed by atoms with Gasteiger partial charge in [-0.2, -0.15) is 0 Å². The number of nitro groups is 1. The van der Waals surface area contributed by atoms with Crippen LogP contribution in [0.1, 0.15) is 31.2 Å². The van der Waals surface area contributed by atoms with Crippen molar-refractivity contribution in [3.05, 3.63) is 50.7 Å². The quantitative estimate of drug-likeness (QED) is 0.599. The normalized spacial score (nSPS) is 11.9. The van der Waals surface area contributed by atoms with E-state index in [1.54, 1.807) is 23.5 Å². The van der Waals surface area contributed by atoms with Gasteiger partial charge in [0, 0.05) is 22.7 Å². The Morgan fingerprint density at radius 1 is 1.38 bits per heavy atom. The van der Waals surface area contributed by atoms with Crippen LogP contribution in [-0.4, -0.2) is 11.5 Å². The second-order valence-electron chi connectivity index (χ2n) is 4.53. The average molecular weight is 306 g/mol. The van der Waals surface area contributed by atoms with E-state index in [1.165, 1.54) is 10.9 Å². The van der Waals surface area contributed by atoms with E-state index < -0.39 is 4.92 Å². The molecule has 1 atom stereocenters. The highest BCUT2D eigenvalue weighted by molar-refractivity contribution is 7.10. The minimum absolute atomic E-state index is 0.0319. The van der Waals surface area contributed by atoms with E-state index in [2.05, 4.69) is 18.3 Å². The van der Waals surface area contributed by atoms with Crippen LogP contribution in [0.3, 0.4) is 0 Å². The molecule has 0 bridgehead atoms. The summed E-state index contributed by atoms with van der Waals surface area (Å²) in [6.45, 7) is 4.41. The van der Waals surface area contributed by atoms with Gasteiger partial charge in [-0.05, 0) is 24.8 Å². The SMILES string of the molecule is CCOc1cc(NC(CC)c2cccs2)cc([N+](=O)[O-])c1. The van der Waals surface area contributed by atoms with Crippen molar-refractivity contribution in [2.24, 2.45) is 0 Å². The molecule has 0 spiro atoms. The Morgan fingerprint density at radius 2 is 2.19 bits per heavy atom. The Balaban J connectivity index is 2.27. The molecule has 0 saturated carbocycles. The summed E-state index contributed by atoms with van der Waals surface area (Å²) < 4.78 is 5.40. The summed E-state index contributed by atoms with van der Waals surface area (Å²) in [6, 6.07) is 8.99. The predicted molar refractivity (Wildman–Crippen MR) is 85.2 cm³/mol. The maximum atomic E-state index is 11.0. The van der Waals surface area contributed by atoms with Crippen molar-refractivity contribution < 1.29 is 9.66 Å². The molecular weight excluding hydrogens is 288 g/mol. The van der Waals surface area contributed by atoms with Crippen LogP contribution in [0.5, 0.6) is 5.75 Å². The van der Waals surface area contributed by atoms with Crippen LogP contribution in [-0.2, 0) is 0 Å². The highest BCUT2D eigenvalue weighted by Crippen LogP contribution is 2.31. The lowest BCUT2D eigenvalue weighted by atomic mass is 10.1. The lowest BCUT2D eigenvalue weighted by Crippen LogP contribution is -2.08. The van der Waals surface area contributed by atoms with Crippen LogP contribution in [0.15, 0.2) is 35.7 Å². The molecule has 0 radical (unpaired) electrons. The number of nitrogens with zero attached hydrogens (tertiary/aromatic N) is 1. The molecule has 21 heavy (non-hydrogen) atoms. The summed E-state index contributed by atoms with van der Waals surface area (Å²) in [5.74, 6) is 0.509. The van der Waals surface area contributed by atoms with Gasteiger partial charge in [0.25, 0.3) is 5.69 Å². The second-order valence-corrected chi connectivity index (χ2v) is 5.51. The zero-order chi connectivity index (χ0) is 15.2. The fourth-order valence-corrected chi connectivity index (χ4v) is 2.95. The van der Waals surface area contributed by atoms with Crippen LogP contribution >= 0.6 is 11.3 Å². The maximum Gasteiger partial charge on any atom is 0.275 e. The number of nitro benzene ring substituents is 1. The van der Waals surface area contributed by atoms with E-state index in [4.69, 9.17) is 4.74 Å². The topological polar surface area (TPSA) is 64.4 Å². The Morgan fingerprint density at radius 3 is 2.76 bits per heavy atom. The highest BCUT2D eigenvalue weighted by Gasteiger charge is 2.14. The summed E-state index contributed by atoms with van der Waals surface area (Å²) in [4.78, 5) is 11.8. The number of nitrogens with one attached hydrogen (secondary N) is 1. The van der Waals surface area contributed by atoms with Crippen molar-refractivity contribution >= 4 is 22.7 Å². The Kier molecular flexibility index (Phi) is 5.16. The van der Waals surface area contributed by atoms with Gasteiger partial charge >= 0.3 is 0 Å². The van der Waals surface area contributed by atoms with Gasteiger partial charge in [-0.1, -0.05) is 13.0 Å². The molecule has 0 aliphatic heterocycles. The minimum Gasteiger partial charge on any atom is -0.494 e. The van der Waals surface area contributed by atoms with E-state index in [0.29, 0.717) is 18.0 Å². The van der Waals surface area contributed by atoms with Gasteiger partial charge in [-0.15, -0.1) is 11.3 Å². The third-order valence-corrected chi connectivity index (χ3v) is 4.03. The number of benzene rings is 1. The number of ether oxygens (including phenoxy) is 1. The van der Waals surface area contributed by atoms with Crippen LogP contribution in [0.2, 0.25) is 0 Å². The first-order chi connectivity index (χ1) is 10.1. The molecule has 0 aliphatic rings. The summed E-state index contributed by atoms with van der Waals surface area (Å²) in [6.07, 6.45) is 0.896. The number of thiophene rings is 1. The molecular formula is C15H18N2O3S. The maximum absolute atomic E-state index is 11.0. The molecule has 6 heteroatoms. The fraction of sp³-hybridized carbons (Fsp3) is 0.333. The van der Waals surface area contributed by atoms with Crippen molar-refractivity contribution in [1.29, 1.82) is 0 Å². The third kappa shape index (κ3) is 3.95. The van der Waals surface area contributed by atoms with Gasteiger partial charge in [0.1, 0.15) is 5.75 Å². The molecule has 0 aliphatic carbocycles. The van der Waals surface area contributed by atoms with Crippen LogP contribution in [0, 0.1) is 10.1 Å². The monoisotopic (exact) mass is 306 g/mol. The molecule has 0 amide bonds. The van der Waals surface area contributed by atoms with E-state index in [0.717, 1.165) is 6.42 Å². The first-order valence-electron chi connectivity index (χ1n) is 6.86. The van der Waals surface area contributed by atoms with E-state index in [9.17, 15) is 10.1 Å². The zero-order valence-electron chi connectivity index (χ0n) is 12.0. The van der Waals surface area contributed by atoms with E-state index in [1.807, 2.05) is 18.4 Å². The smallest absolute Gasteiger partial charge is 0.275 e. The van der Waals surface area contributed by atoms with Crippen LogP contribution in [0.4, 0.5) is 11.4 Å². The zero-order valence-corrected chi connectivity index (χ0v) is 12.9. The van der Waals surface area contributed by atoms with Gasteiger partial charge in [-0.3, -0.25) is 10.1 Å². The molecule has 1 aromatic heterocycles. The molecule has 1 unspecified atom stereocenters. The summed E-state index contributed by atoms with van der Waals surface area (Å²) >= 11 is 1.67. The van der Waals surface area contributed by atoms with Gasteiger partial charge in [0.2, 0.25) is 0 Å². The van der Waals surface area contributed by atoms with Gasteiger partial charge < -0.3 is 10.1 Å². The van der Waals surface area contributed by atoms with E-state index >= 15 is 0 Å². The Hall–Kier alpha value is -2.08. The van der Waals surface area contributed by atoms with Crippen molar-refractivity contribution in [1.82, 2.24) is 0 Å². The molecule has 2 aromatic rings. The number of hydrogen-bond acceptors (Lipinski definition) is 5. The molecule has 1 aromatic carbocycles. The lowest BCUT2D eigenvalue weighted by molar-refractivity contribution is -0.384. The number of anilines is 1. The van der Waals surface area contributed by atoms with Gasteiger partial charge in [0.15, 0.2) is 0 Å². The van der Waals surface area contributed by atoms with Crippen molar-refractivity contribution in [2.45, 2.75) is 26.3 Å². The average Bonchev–Trinajstić information content (AvgIpc) is 2.99. The third-order valence-electron chi connectivity index (χ3n) is 3.05. The Bertz CT molecular complexity index is 599. The standard InChI is InChI=1S/C15H18N2O3S/c1-3-14(15-6-5-7-21-15)16-11-8-12(17(18)19)10-13(9-11)20-4-2/h5-10,14,16H,3-4H2,1-2H3. The van der Waals surface area contributed by atoms with Gasteiger partial charge in [0.05, 0.1) is 23.6 Å². The summed E-state index contributed by atoms with van der Waals surface area (Å²) in [7, 11) is 0. The fourth-order valence-electron chi connectivity index (χ4n) is 2.09. The highest BCUT2D eigenvalue weighted by atomic mass is 32.1. The molecule has 0 saturated heterocycles. The summed E-state index contributed by atoms with van der Waals surface area (Å²) in [5, 5.41) is 16.4. The molecule has 0 fully saturated rings. The Labute approximate surface area is 127 Å². The first kappa shape index (κ1) is 15.3. The van der Waals surface area contributed by atoms with E-state index in [-0.39, 0.29) is 11.7 Å². The van der Waals surface area contributed by atoms with Crippen molar-refractivity contribution in [2.75, 3.05) is 11.9 Å². The lowest BCUT2D eigenvalue weighted by Gasteiger charge is -2.17. The second kappa shape index (κ2) is 7.08. The number of hydrogen-bond donors (Lipinski definition) is 1. The first-order valence-corrected chi connectivity index (χ1v) is 7.74. The van der Waals surface area contributed by atoms with Crippen molar-refractivity contribution in [3.8, 4) is 5.75 Å². The molecule has 1 N–H and O–H groups in total. The number of rotatable bonds is 7. The number of non-ortho nitro benzene ring substituents is 1. The minimum atomic E-state index is -0.403. The molecule has 1 heterocycles. The molecule has 112 valence electrons. The predicted octanol–water partition coefficient (Wildman–Crippen LogP) is 4.62. The molecule has 2 rings (SSSR count). The molecule has 5 nitrogen and oxygen atoms in total. The van der Waals surface area contributed by atoms with Gasteiger partial charge in [-0.25, -0.2) is 0 Å². The van der Waals surface area contributed by atoms with Crippen LogP contribution < -0.4 is 10.1 Å².